The number of hydrogen-bond donors (Lipinski definition) is 2. The van der Waals surface area contributed by atoms with E-state index in [1.807, 2.05) is 0 Å². The highest BCUT2D eigenvalue weighted by atomic mass is 16.4. The molecule has 0 aromatic heterocycles. The number of carbonyl (C=O) groups excluding carboxylic acids is 3. The van der Waals surface area contributed by atoms with Gasteiger partial charge in [-0.1, -0.05) is 6.92 Å². The maximum Gasteiger partial charge on any atom is 0.325 e. The van der Waals surface area contributed by atoms with Crippen molar-refractivity contribution < 1.29 is 24.3 Å². The van der Waals surface area contributed by atoms with Crippen LogP contribution in [0.5, 0.6) is 0 Å². The Kier molecular flexibility index (Phi) is 4.15. The number of rotatable bonds is 4. The van der Waals surface area contributed by atoms with Gasteiger partial charge >= 0.3 is 12.0 Å². The van der Waals surface area contributed by atoms with Crippen molar-refractivity contribution in [3.63, 3.8) is 0 Å². The molecule has 2 N–H and O–H groups in total. The van der Waals surface area contributed by atoms with Crippen LogP contribution in [0.4, 0.5) is 4.79 Å². The van der Waals surface area contributed by atoms with Crippen molar-refractivity contribution in [1.82, 2.24) is 15.1 Å². The first-order chi connectivity index (χ1) is 9.89. The Morgan fingerprint density at radius 1 is 1.38 bits per heavy atom. The van der Waals surface area contributed by atoms with Gasteiger partial charge < -0.3 is 15.3 Å². The molecule has 1 unspecified atom stereocenters. The maximum absolute atomic E-state index is 12.2. The Labute approximate surface area is 122 Å². The molecule has 2 fully saturated rings. The zero-order valence-electron chi connectivity index (χ0n) is 11.9. The van der Waals surface area contributed by atoms with Gasteiger partial charge in [-0.25, -0.2) is 4.79 Å². The Bertz CT molecular complexity index is 476. The van der Waals surface area contributed by atoms with E-state index in [1.165, 1.54) is 4.90 Å². The second kappa shape index (κ2) is 5.71. The molecule has 116 valence electrons. The third kappa shape index (κ3) is 2.84. The number of nitrogens with zero attached hydrogens (tertiary/aromatic N) is 2. The number of likely N-dealkylation sites (tertiary alicyclic amines) is 1. The summed E-state index contributed by atoms with van der Waals surface area (Å²) >= 11 is 0. The van der Waals surface area contributed by atoms with Crippen molar-refractivity contribution >= 4 is 23.8 Å². The highest BCUT2D eigenvalue weighted by molar-refractivity contribution is 6.04. The zero-order valence-corrected chi connectivity index (χ0v) is 11.9. The fourth-order valence-electron chi connectivity index (χ4n) is 2.81. The van der Waals surface area contributed by atoms with E-state index >= 15 is 0 Å². The molecule has 0 saturated carbocycles. The number of aliphatic carboxylic acids is 1. The minimum Gasteiger partial charge on any atom is -0.481 e. The van der Waals surface area contributed by atoms with Crippen molar-refractivity contribution in [1.29, 1.82) is 0 Å². The van der Waals surface area contributed by atoms with E-state index < -0.39 is 23.3 Å². The Balaban J connectivity index is 2.04. The minimum atomic E-state index is -0.925. The Hall–Kier alpha value is -2.12. The summed E-state index contributed by atoms with van der Waals surface area (Å²) in [6.45, 7) is 1.95. The van der Waals surface area contributed by atoms with E-state index in [2.05, 4.69) is 5.32 Å². The lowest BCUT2D eigenvalue weighted by Gasteiger charge is -2.39. The number of urea groups is 1. The molecule has 4 amide bonds. The third-order valence-corrected chi connectivity index (χ3v) is 4.29. The number of amides is 4. The van der Waals surface area contributed by atoms with Gasteiger partial charge in [0.25, 0.3) is 5.91 Å². The van der Waals surface area contributed by atoms with E-state index in [1.54, 1.807) is 6.92 Å². The third-order valence-electron chi connectivity index (χ3n) is 4.29. The van der Waals surface area contributed by atoms with Gasteiger partial charge in [0, 0.05) is 13.1 Å². The molecule has 0 aromatic rings. The SMILES string of the molecule is CCC1(C(=O)O)CCCN(C(=O)CN2C(=O)CNC2=O)C1. The molecule has 0 bridgehead atoms. The summed E-state index contributed by atoms with van der Waals surface area (Å²) in [6.07, 6.45) is 1.58. The van der Waals surface area contributed by atoms with Gasteiger partial charge in [-0.15, -0.1) is 0 Å². The molecule has 2 aliphatic heterocycles. The number of imide groups is 1. The largest absolute Gasteiger partial charge is 0.481 e. The van der Waals surface area contributed by atoms with E-state index in [4.69, 9.17) is 0 Å². The van der Waals surface area contributed by atoms with Crippen LogP contribution < -0.4 is 5.32 Å². The van der Waals surface area contributed by atoms with Gasteiger partial charge in [0.15, 0.2) is 0 Å². The molecule has 2 rings (SSSR count). The fraction of sp³-hybridized carbons (Fsp3) is 0.692. The van der Waals surface area contributed by atoms with Gasteiger partial charge in [0.1, 0.15) is 6.54 Å². The van der Waals surface area contributed by atoms with Crippen molar-refractivity contribution in [3.05, 3.63) is 0 Å². The lowest BCUT2D eigenvalue weighted by Crippen LogP contribution is -2.52. The molecule has 0 spiro atoms. The smallest absolute Gasteiger partial charge is 0.325 e. The van der Waals surface area contributed by atoms with Crippen molar-refractivity contribution in [2.45, 2.75) is 26.2 Å². The van der Waals surface area contributed by atoms with E-state index in [0.717, 1.165) is 4.90 Å². The second-order valence-corrected chi connectivity index (χ2v) is 5.50. The van der Waals surface area contributed by atoms with Gasteiger partial charge in [0.2, 0.25) is 5.91 Å². The fourth-order valence-corrected chi connectivity index (χ4v) is 2.81. The lowest BCUT2D eigenvalue weighted by atomic mass is 9.77. The maximum atomic E-state index is 12.2. The second-order valence-electron chi connectivity index (χ2n) is 5.50. The molecule has 1 atom stereocenters. The average Bonchev–Trinajstić information content (AvgIpc) is 2.78. The highest BCUT2D eigenvalue weighted by Gasteiger charge is 2.42. The van der Waals surface area contributed by atoms with Gasteiger partial charge in [-0.2, -0.15) is 0 Å². The molecule has 0 aromatic carbocycles. The Morgan fingerprint density at radius 2 is 2.10 bits per heavy atom. The van der Waals surface area contributed by atoms with Crippen LogP contribution in [-0.4, -0.2) is 64.9 Å². The molecule has 21 heavy (non-hydrogen) atoms. The van der Waals surface area contributed by atoms with Crippen molar-refractivity contribution in [2.75, 3.05) is 26.2 Å². The zero-order chi connectivity index (χ0) is 15.6. The number of carbonyl (C=O) groups is 4. The first-order valence-corrected chi connectivity index (χ1v) is 6.99. The summed E-state index contributed by atoms with van der Waals surface area (Å²) in [6, 6.07) is -0.578. The lowest BCUT2D eigenvalue weighted by molar-refractivity contribution is -0.155. The van der Waals surface area contributed by atoms with Crippen LogP contribution in [0.1, 0.15) is 26.2 Å². The molecule has 2 aliphatic rings. The first kappa shape index (κ1) is 15.3. The average molecular weight is 297 g/mol. The first-order valence-electron chi connectivity index (χ1n) is 6.99. The van der Waals surface area contributed by atoms with E-state index in [0.29, 0.717) is 25.8 Å². The van der Waals surface area contributed by atoms with Gasteiger partial charge in [-0.05, 0) is 19.3 Å². The topological polar surface area (TPSA) is 107 Å². The number of carboxylic acids is 1. The van der Waals surface area contributed by atoms with Crippen LogP contribution in [0.25, 0.3) is 0 Å². The van der Waals surface area contributed by atoms with Gasteiger partial charge in [-0.3, -0.25) is 19.3 Å². The Morgan fingerprint density at radius 3 is 2.62 bits per heavy atom. The number of piperidine rings is 1. The van der Waals surface area contributed by atoms with E-state index in [-0.39, 0.29) is 25.5 Å². The monoisotopic (exact) mass is 297 g/mol. The highest BCUT2D eigenvalue weighted by Crippen LogP contribution is 2.33. The summed E-state index contributed by atoms with van der Waals surface area (Å²) < 4.78 is 0. The molecule has 2 saturated heterocycles. The summed E-state index contributed by atoms with van der Waals surface area (Å²) in [5.74, 6) is -1.73. The van der Waals surface area contributed by atoms with Crippen molar-refractivity contribution in [2.24, 2.45) is 5.41 Å². The van der Waals surface area contributed by atoms with Crippen LogP contribution in [-0.2, 0) is 14.4 Å². The molecular weight excluding hydrogens is 278 g/mol. The molecule has 2 heterocycles. The van der Waals surface area contributed by atoms with Crippen LogP contribution >= 0.6 is 0 Å². The number of nitrogens with one attached hydrogen (secondary N) is 1. The minimum absolute atomic E-state index is 0.0971. The van der Waals surface area contributed by atoms with Crippen LogP contribution in [0.2, 0.25) is 0 Å². The summed E-state index contributed by atoms with van der Waals surface area (Å²) in [4.78, 5) is 48.9. The summed E-state index contributed by atoms with van der Waals surface area (Å²) in [5.41, 5.74) is -0.925. The van der Waals surface area contributed by atoms with Crippen LogP contribution in [0.15, 0.2) is 0 Å². The van der Waals surface area contributed by atoms with Crippen LogP contribution in [0.3, 0.4) is 0 Å². The summed E-state index contributed by atoms with van der Waals surface area (Å²) in [7, 11) is 0. The molecule has 0 radical (unpaired) electrons. The standard InChI is InChI=1S/C13H19N3O5/c1-2-13(11(19)20)4-3-5-15(8-13)10(18)7-16-9(17)6-14-12(16)21/h2-8H2,1H3,(H,14,21)(H,19,20). The number of hydrogen-bond acceptors (Lipinski definition) is 4. The van der Waals surface area contributed by atoms with Crippen molar-refractivity contribution in [3.8, 4) is 0 Å². The predicted molar refractivity (Wildman–Crippen MR) is 71.3 cm³/mol. The predicted octanol–water partition coefficient (Wildman–Crippen LogP) is -0.358. The molecule has 8 heteroatoms. The quantitative estimate of drug-likeness (QED) is 0.689. The van der Waals surface area contributed by atoms with Gasteiger partial charge in [0.05, 0.1) is 12.0 Å². The normalized spacial score (nSPS) is 26.0. The summed E-state index contributed by atoms with van der Waals surface area (Å²) in [5, 5.41) is 11.7. The molecule has 0 aliphatic carbocycles. The number of carboxylic acid groups (broad SMARTS) is 1. The van der Waals surface area contributed by atoms with E-state index in [9.17, 15) is 24.3 Å². The van der Waals surface area contributed by atoms with Crippen LogP contribution in [0, 0.1) is 5.41 Å². The molecule has 8 nitrogen and oxygen atoms in total. The molecular formula is C13H19N3O5.